The van der Waals surface area contributed by atoms with Crippen LogP contribution in [0.2, 0.25) is 0 Å². The molecule has 2 heterocycles. The van der Waals surface area contributed by atoms with E-state index in [2.05, 4.69) is 23.2 Å². The topological polar surface area (TPSA) is 30.7 Å². The summed E-state index contributed by atoms with van der Waals surface area (Å²) in [5.74, 6) is 0.913. The third-order valence-corrected chi connectivity index (χ3v) is 1.68. The van der Waals surface area contributed by atoms with Gasteiger partial charge in [-0.15, -0.1) is 10.2 Å². The van der Waals surface area contributed by atoms with Crippen LogP contribution in [0.1, 0.15) is 19.2 Å². The lowest BCUT2D eigenvalue weighted by Crippen LogP contribution is -1.86. The number of hydrogen-bond donors (Lipinski definition) is 0. The van der Waals surface area contributed by atoms with Crippen molar-refractivity contribution in [1.29, 1.82) is 0 Å². The van der Waals surface area contributed by atoms with E-state index in [9.17, 15) is 0 Å². The summed E-state index contributed by atoms with van der Waals surface area (Å²) in [4.78, 5) is 0. The first-order valence-corrected chi connectivity index (χ1v) is 3.59. The number of allylic oxidation sites excluding steroid dienone is 2. The van der Waals surface area contributed by atoms with Crippen molar-refractivity contribution in [1.82, 2.24) is 14.8 Å². The molecule has 0 aliphatic carbocycles. The predicted octanol–water partition coefficient (Wildman–Crippen LogP) is 1.56. The van der Waals surface area contributed by atoms with Crippen molar-refractivity contribution in [2.75, 3.05) is 0 Å². The van der Waals surface area contributed by atoms with Crippen molar-refractivity contribution in [3.05, 3.63) is 23.8 Å². The summed E-state index contributed by atoms with van der Waals surface area (Å²) < 4.78 is 1.91. The van der Waals surface area contributed by atoms with E-state index < -0.39 is 0 Å². The molecule has 0 radical (unpaired) electrons. The minimum absolute atomic E-state index is 0.913. The largest absolute Gasteiger partial charge is 0.289 e. The van der Waals surface area contributed by atoms with Crippen molar-refractivity contribution in [3.63, 3.8) is 0 Å². The molecule has 1 aliphatic rings. The van der Waals surface area contributed by atoms with Gasteiger partial charge in [-0.3, -0.25) is 4.57 Å². The number of aromatic nitrogens is 3. The summed E-state index contributed by atoms with van der Waals surface area (Å²) in [6, 6.07) is 0. The van der Waals surface area contributed by atoms with Gasteiger partial charge in [0.2, 0.25) is 0 Å². The van der Waals surface area contributed by atoms with Crippen molar-refractivity contribution in [2.45, 2.75) is 13.3 Å². The molecule has 0 bridgehead atoms. The number of nitrogens with zero attached hydrogens (tertiary/aromatic N) is 3. The Hall–Kier alpha value is -1.38. The summed E-state index contributed by atoms with van der Waals surface area (Å²) in [5.41, 5.74) is 1.31. The van der Waals surface area contributed by atoms with E-state index in [0.29, 0.717) is 0 Å². The molecule has 2 rings (SSSR count). The number of hydrogen-bond acceptors (Lipinski definition) is 2. The van der Waals surface area contributed by atoms with Gasteiger partial charge in [-0.1, -0.05) is 11.6 Å². The second kappa shape index (κ2) is 2.34. The smallest absolute Gasteiger partial charge is 0.160 e. The molecule has 0 saturated heterocycles. The fourth-order valence-corrected chi connectivity index (χ4v) is 1.10. The summed E-state index contributed by atoms with van der Waals surface area (Å²) >= 11 is 0. The molecule has 1 aromatic heterocycles. The lowest BCUT2D eigenvalue weighted by atomic mass is 10.2. The molecule has 0 spiro atoms. The molecule has 0 N–H and O–H groups in total. The van der Waals surface area contributed by atoms with E-state index in [1.54, 1.807) is 6.33 Å². The minimum Gasteiger partial charge on any atom is -0.289 e. The van der Waals surface area contributed by atoms with Crippen molar-refractivity contribution in [3.8, 4) is 0 Å². The van der Waals surface area contributed by atoms with Gasteiger partial charge in [0.1, 0.15) is 6.33 Å². The molecule has 0 saturated carbocycles. The average molecular weight is 147 g/mol. The van der Waals surface area contributed by atoms with Crippen LogP contribution in [-0.2, 0) is 0 Å². The lowest BCUT2D eigenvalue weighted by Gasteiger charge is -1.90. The second-order valence-electron chi connectivity index (χ2n) is 2.68. The normalized spacial score (nSPS) is 15.5. The summed E-state index contributed by atoms with van der Waals surface area (Å²) in [6.45, 7) is 2.09. The van der Waals surface area contributed by atoms with Crippen LogP contribution in [0.3, 0.4) is 0 Å². The van der Waals surface area contributed by atoms with Crippen LogP contribution in [-0.4, -0.2) is 14.8 Å². The highest BCUT2D eigenvalue weighted by molar-refractivity contribution is 5.51. The first-order valence-electron chi connectivity index (χ1n) is 3.59. The van der Waals surface area contributed by atoms with E-state index in [1.807, 2.05) is 16.8 Å². The summed E-state index contributed by atoms with van der Waals surface area (Å²) in [6.07, 6.45) is 8.85. The Morgan fingerprint density at radius 3 is 3.36 bits per heavy atom. The van der Waals surface area contributed by atoms with Crippen LogP contribution in [0.4, 0.5) is 0 Å². The van der Waals surface area contributed by atoms with Gasteiger partial charge >= 0.3 is 0 Å². The van der Waals surface area contributed by atoms with Gasteiger partial charge in [0.05, 0.1) is 0 Å². The van der Waals surface area contributed by atoms with Crippen molar-refractivity contribution >= 4 is 12.3 Å². The maximum Gasteiger partial charge on any atom is 0.160 e. The zero-order valence-corrected chi connectivity index (χ0v) is 6.36. The van der Waals surface area contributed by atoms with Gasteiger partial charge in [0.25, 0.3) is 0 Å². The van der Waals surface area contributed by atoms with E-state index in [0.717, 1.165) is 12.2 Å². The number of fused-ring (bicyclic) bond motifs is 1. The second-order valence-corrected chi connectivity index (χ2v) is 2.68. The molecule has 0 aromatic carbocycles. The zero-order valence-electron chi connectivity index (χ0n) is 6.36. The van der Waals surface area contributed by atoms with E-state index in [-0.39, 0.29) is 0 Å². The van der Waals surface area contributed by atoms with Crippen LogP contribution in [0, 0.1) is 0 Å². The molecule has 0 atom stereocenters. The number of rotatable bonds is 0. The molecule has 3 heteroatoms. The van der Waals surface area contributed by atoms with Gasteiger partial charge in [0, 0.05) is 6.20 Å². The van der Waals surface area contributed by atoms with E-state index >= 15 is 0 Å². The molecular weight excluding hydrogens is 138 g/mol. The van der Waals surface area contributed by atoms with Crippen molar-refractivity contribution in [2.24, 2.45) is 0 Å². The standard InChI is InChI=1S/C8H9N3/c1-7-3-2-4-11-6-9-10-8(11)5-7/h2,4-6H,3H2,1H3. The molecule has 56 valence electrons. The highest BCUT2D eigenvalue weighted by atomic mass is 15.2. The Bertz CT molecular complexity index is 320. The SMILES string of the molecule is CC1=Cc2nncn2C=CC1. The van der Waals surface area contributed by atoms with Crippen molar-refractivity contribution < 1.29 is 0 Å². The summed E-state index contributed by atoms with van der Waals surface area (Å²) in [7, 11) is 0. The molecule has 0 unspecified atom stereocenters. The van der Waals surface area contributed by atoms with E-state index in [1.165, 1.54) is 5.57 Å². The molecule has 3 nitrogen and oxygen atoms in total. The first-order chi connectivity index (χ1) is 5.36. The summed E-state index contributed by atoms with van der Waals surface area (Å²) in [5, 5.41) is 7.75. The van der Waals surface area contributed by atoms with Gasteiger partial charge in [0.15, 0.2) is 5.82 Å². The Labute approximate surface area is 65.1 Å². The van der Waals surface area contributed by atoms with Gasteiger partial charge in [-0.05, 0) is 19.4 Å². The highest BCUT2D eigenvalue weighted by Crippen LogP contribution is 2.12. The molecule has 1 aromatic rings. The fourth-order valence-electron chi connectivity index (χ4n) is 1.10. The highest BCUT2D eigenvalue weighted by Gasteiger charge is 2.00. The maximum atomic E-state index is 3.95. The molecular formula is C8H9N3. The van der Waals surface area contributed by atoms with Gasteiger partial charge in [-0.25, -0.2) is 0 Å². The Kier molecular flexibility index (Phi) is 1.35. The molecule has 0 fully saturated rings. The minimum atomic E-state index is 0.913. The predicted molar refractivity (Wildman–Crippen MR) is 43.6 cm³/mol. The zero-order chi connectivity index (χ0) is 7.68. The van der Waals surface area contributed by atoms with Crippen LogP contribution < -0.4 is 0 Å². The monoisotopic (exact) mass is 147 g/mol. The van der Waals surface area contributed by atoms with Crippen LogP contribution in [0.25, 0.3) is 12.3 Å². The molecule has 0 amide bonds. The van der Waals surface area contributed by atoms with Gasteiger partial charge in [-0.2, -0.15) is 0 Å². The van der Waals surface area contributed by atoms with Crippen LogP contribution in [0.15, 0.2) is 18.0 Å². The Morgan fingerprint density at radius 2 is 2.45 bits per heavy atom. The Balaban J connectivity index is 2.55. The average Bonchev–Trinajstić information content (AvgIpc) is 2.31. The van der Waals surface area contributed by atoms with Crippen LogP contribution >= 0.6 is 0 Å². The van der Waals surface area contributed by atoms with Gasteiger partial charge < -0.3 is 0 Å². The third-order valence-electron chi connectivity index (χ3n) is 1.68. The molecule has 11 heavy (non-hydrogen) atoms. The van der Waals surface area contributed by atoms with E-state index in [4.69, 9.17) is 0 Å². The maximum absolute atomic E-state index is 3.95. The van der Waals surface area contributed by atoms with Crippen LogP contribution in [0.5, 0.6) is 0 Å². The molecule has 1 aliphatic heterocycles. The third kappa shape index (κ3) is 1.09. The Morgan fingerprint density at radius 1 is 1.55 bits per heavy atom. The quantitative estimate of drug-likeness (QED) is 0.557. The lowest BCUT2D eigenvalue weighted by molar-refractivity contribution is 1.07. The first kappa shape index (κ1) is 6.34. The fraction of sp³-hybridized carbons (Fsp3) is 0.250.